The van der Waals surface area contributed by atoms with Gasteiger partial charge in [-0.2, -0.15) is 13.2 Å². The number of pyridine rings is 1. The predicted octanol–water partition coefficient (Wildman–Crippen LogP) is 3.98. The van der Waals surface area contributed by atoms with E-state index in [1.807, 2.05) is 13.8 Å². The van der Waals surface area contributed by atoms with Gasteiger partial charge in [0.25, 0.3) is 0 Å². The SMILES string of the molecule is CC(C)OCCCNc1ncc(C(F)(F)F)cc1Cl. The molecule has 1 aromatic rings. The van der Waals surface area contributed by atoms with Crippen LogP contribution in [0.3, 0.4) is 0 Å². The van der Waals surface area contributed by atoms with Crippen LogP contribution in [0.4, 0.5) is 19.0 Å². The Hall–Kier alpha value is -1.01. The zero-order chi connectivity index (χ0) is 14.5. The summed E-state index contributed by atoms with van der Waals surface area (Å²) < 4.78 is 42.5. The van der Waals surface area contributed by atoms with E-state index in [9.17, 15) is 13.2 Å². The molecule has 0 aliphatic carbocycles. The topological polar surface area (TPSA) is 34.1 Å². The first-order valence-electron chi connectivity index (χ1n) is 5.89. The Kier molecular flexibility index (Phi) is 5.87. The van der Waals surface area contributed by atoms with E-state index >= 15 is 0 Å². The number of hydrogen-bond donors (Lipinski definition) is 1. The third kappa shape index (κ3) is 5.65. The first kappa shape index (κ1) is 16.0. The molecule has 3 nitrogen and oxygen atoms in total. The molecule has 108 valence electrons. The van der Waals surface area contributed by atoms with Crippen molar-refractivity contribution in [3.8, 4) is 0 Å². The molecule has 0 aromatic carbocycles. The Morgan fingerprint density at radius 1 is 1.42 bits per heavy atom. The van der Waals surface area contributed by atoms with Gasteiger partial charge in [0.05, 0.1) is 16.7 Å². The fourth-order valence-electron chi connectivity index (χ4n) is 1.32. The highest BCUT2D eigenvalue weighted by Crippen LogP contribution is 2.32. The van der Waals surface area contributed by atoms with Crippen molar-refractivity contribution < 1.29 is 17.9 Å². The van der Waals surface area contributed by atoms with Crippen LogP contribution in [-0.4, -0.2) is 24.2 Å². The van der Waals surface area contributed by atoms with Crippen LogP contribution in [0.25, 0.3) is 0 Å². The molecule has 0 amide bonds. The van der Waals surface area contributed by atoms with Crippen molar-refractivity contribution in [1.82, 2.24) is 4.98 Å². The minimum Gasteiger partial charge on any atom is -0.379 e. The van der Waals surface area contributed by atoms with Crippen molar-refractivity contribution in [2.45, 2.75) is 32.5 Å². The Morgan fingerprint density at radius 2 is 2.11 bits per heavy atom. The lowest BCUT2D eigenvalue weighted by Crippen LogP contribution is -2.11. The molecule has 0 radical (unpaired) electrons. The number of rotatable bonds is 6. The van der Waals surface area contributed by atoms with Crippen molar-refractivity contribution in [2.75, 3.05) is 18.5 Å². The molecule has 0 atom stereocenters. The van der Waals surface area contributed by atoms with Crippen LogP contribution >= 0.6 is 11.6 Å². The summed E-state index contributed by atoms with van der Waals surface area (Å²) in [6, 6.07) is 0.863. The summed E-state index contributed by atoms with van der Waals surface area (Å²) in [5.74, 6) is 0.249. The monoisotopic (exact) mass is 296 g/mol. The number of halogens is 4. The third-order valence-corrected chi connectivity index (χ3v) is 2.52. The number of anilines is 1. The van der Waals surface area contributed by atoms with Crippen LogP contribution < -0.4 is 5.32 Å². The van der Waals surface area contributed by atoms with E-state index in [0.717, 1.165) is 18.7 Å². The lowest BCUT2D eigenvalue weighted by molar-refractivity contribution is -0.137. The minimum atomic E-state index is -4.43. The summed E-state index contributed by atoms with van der Waals surface area (Å²) >= 11 is 5.74. The van der Waals surface area contributed by atoms with Gasteiger partial charge in [0.15, 0.2) is 0 Å². The smallest absolute Gasteiger partial charge is 0.379 e. The number of ether oxygens (including phenoxy) is 1. The van der Waals surface area contributed by atoms with Gasteiger partial charge < -0.3 is 10.1 Å². The fraction of sp³-hybridized carbons (Fsp3) is 0.583. The summed E-state index contributed by atoms with van der Waals surface area (Å²) in [6.07, 6.45) is -2.79. The molecule has 1 aromatic heterocycles. The standard InChI is InChI=1S/C12H16ClF3N2O/c1-8(2)19-5-3-4-17-11-10(13)6-9(7-18-11)12(14,15)16/h6-8H,3-5H2,1-2H3,(H,17,18). The Balaban J connectivity index is 2.47. The van der Waals surface area contributed by atoms with E-state index in [2.05, 4.69) is 10.3 Å². The number of nitrogens with one attached hydrogen (secondary N) is 1. The molecule has 0 spiro atoms. The van der Waals surface area contributed by atoms with Crippen LogP contribution in [-0.2, 0) is 10.9 Å². The van der Waals surface area contributed by atoms with E-state index in [0.29, 0.717) is 13.2 Å². The van der Waals surface area contributed by atoms with E-state index < -0.39 is 11.7 Å². The second kappa shape index (κ2) is 6.96. The largest absolute Gasteiger partial charge is 0.417 e. The number of aromatic nitrogens is 1. The van der Waals surface area contributed by atoms with E-state index in [-0.39, 0.29) is 16.9 Å². The normalized spacial score (nSPS) is 11.9. The van der Waals surface area contributed by atoms with Gasteiger partial charge in [0.1, 0.15) is 5.82 Å². The molecule has 7 heteroatoms. The molecular formula is C12H16ClF3N2O. The summed E-state index contributed by atoms with van der Waals surface area (Å²) in [5.41, 5.74) is -0.855. The van der Waals surface area contributed by atoms with Crippen molar-refractivity contribution in [1.29, 1.82) is 0 Å². The maximum absolute atomic E-state index is 12.4. The average Bonchev–Trinajstić information content (AvgIpc) is 2.28. The average molecular weight is 297 g/mol. The molecule has 0 saturated heterocycles. The van der Waals surface area contributed by atoms with Crippen LogP contribution in [0, 0.1) is 0 Å². The third-order valence-electron chi connectivity index (χ3n) is 2.23. The number of nitrogens with zero attached hydrogens (tertiary/aromatic N) is 1. The van der Waals surface area contributed by atoms with Crippen molar-refractivity contribution in [2.24, 2.45) is 0 Å². The van der Waals surface area contributed by atoms with Gasteiger partial charge in [-0.25, -0.2) is 4.98 Å². The Morgan fingerprint density at radius 3 is 2.63 bits per heavy atom. The second-order valence-corrected chi connectivity index (χ2v) is 4.66. The zero-order valence-electron chi connectivity index (χ0n) is 10.7. The highest BCUT2D eigenvalue weighted by molar-refractivity contribution is 6.32. The lowest BCUT2D eigenvalue weighted by Gasteiger charge is -2.11. The van der Waals surface area contributed by atoms with Crippen molar-refractivity contribution in [3.63, 3.8) is 0 Å². The van der Waals surface area contributed by atoms with Gasteiger partial charge in [-0.05, 0) is 26.3 Å². The first-order valence-corrected chi connectivity index (χ1v) is 6.26. The number of hydrogen-bond acceptors (Lipinski definition) is 3. The van der Waals surface area contributed by atoms with Gasteiger partial charge in [0, 0.05) is 19.3 Å². The maximum atomic E-state index is 12.4. The first-order chi connectivity index (χ1) is 8.80. The molecule has 1 N–H and O–H groups in total. The van der Waals surface area contributed by atoms with Crippen LogP contribution in [0.15, 0.2) is 12.3 Å². The second-order valence-electron chi connectivity index (χ2n) is 4.25. The molecule has 1 rings (SSSR count). The van der Waals surface area contributed by atoms with E-state index in [4.69, 9.17) is 16.3 Å². The highest BCUT2D eigenvalue weighted by atomic mass is 35.5. The molecule has 19 heavy (non-hydrogen) atoms. The van der Waals surface area contributed by atoms with Gasteiger partial charge in [0.2, 0.25) is 0 Å². The van der Waals surface area contributed by atoms with Crippen molar-refractivity contribution >= 4 is 17.4 Å². The molecule has 0 aliphatic rings. The quantitative estimate of drug-likeness (QED) is 0.806. The molecule has 0 aliphatic heterocycles. The Bertz CT molecular complexity index is 410. The molecule has 1 heterocycles. The zero-order valence-corrected chi connectivity index (χ0v) is 11.5. The Labute approximate surface area is 115 Å². The van der Waals surface area contributed by atoms with Gasteiger partial charge in [-0.3, -0.25) is 0 Å². The molecule has 0 saturated carbocycles. The molecule has 0 bridgehead atoms. The fourth-order valence-corrected chi connectivity index (χ4v) is 1.55. The van der Waals surface area contributed by atoms with Crippen molar-refractivity contribution in [3.05, 3.63) is 22.8 Å². The van der Waals surface area contributed by atoms with Gasteiger partial charge in [-0.1, -0.05) is 11.6 Å². The predicted molar refractivity (Wildman–Crippen MR) is 68.4 cm³/mol. The maximum Gasteiger partial charge on any atom is 0.417 e. The van der Waals surface area contributed by atoms with Gasteiger partial charge >= 0.3 is 6.18 Å². The molecule has 0 unspecified atom stereocenters. The van der Waals surface area contributed by atoms with Gasteiger partial charge in [-0.15, -0.1) is 0 Å². The van der Waals surface area contributed by atoms with Crippen LogP contribution in [0.2, 0.25) is 5.02 Å². The minimum absolute atomic E-state index is 0.0420. The van der Waals surface area contributed by atoms with E-state index in [1.54, 1.807) is 0 Å². The highest BCUT2D eigenvalue weighted by Gasteiger charge is 2.31. The summed E-state index contributed by atoms with van der Waals surface area (Å²) in [6.45, 7) is 4.97. The summed E-state index contributed by atoms with van der Waals surface area (Å²) in [4.78, 5) is 3.67. The number of alkyl halides is 3. The molecule has 0 fully saturated rings. The van der Waals surface area contributed by atoms with Crippen LogP contribution in [0.5, 0.6) is 0 Å². The molecular weight excluding hydrogens is 281 g/mol. The summed E-state index contributed by atoms with van der Waals surface area (Å²) in [5, 5.41) is 2.83. The van der Waals surface area contributed by atoms with Crippen LogP contribution in [0.1, 0.15) is 25.8 Å². The van der Waals surface area contributed by atoms with E-state index in [1.165, 1.54) is 0 Å². The lowest BCUT2D eigenvalue weighted by atomic mass is 10.3. The summed E-state index contributed by atoms with van der Waals surface area (Å²) in [7, 11) is 0.